The average molecular weight is 308 g/mol. The quantitative estimate of drug-likeness (QED) is 0.619. The molecule has 8 heteroatoms. The fourth-order valence-electron chi connectivity index (χ4n) is 1.79. The van der Waals surface area contributed by atoms with Crippen LogP contribution in [-0.2, 0) is 9.53 Å². The largest absolute Gasteiger partial charge is 0.462 e. The van der Waals surface area contributed by atoms with Crippen LogP contribution in [0.1, 0.15) is 24.2 Å². The van der Waals surface area contributed by atoms with Crippen molar-refractivity contribution in [3.8, 4) is 0 Å². The molecule has 0 saturated carbocycles. The van der Waals surface area contributed by atoms with Gasteiger partial charge in [0.15, 0.2) is 0 Å². The number of amides is 1. The monoisotopic (exact) mass is 308 g/mol. The zero-order chi connectivity index (χ0) is 15.2. The Kier molecular flexibility index (Phi) is 5.04. The van der Waals surface area contributed by atoms with Crippen LogP contribution in [-0.4, -0.2) is 41.5 Å². The maximum atomic E-state index is 11.9. The lowest BCUT2D eigenvalue weighted by Crippen LogP contribution is -2.26. The summed E-state index contributed by atoms with van der Waals surface area (Å²) in [5, 5.41) is 8.16. The standard InChI is InChI=1S/C13H16N4O3S/c1-3-20-13(19)9-6-21-12-10(9)11(16-7-17-12)15-5-4-14-8(2)18/h6-7H,3-5H2,1-2H3,(H,14,18)(H,15,16,17). The molecule has 21 heavy (non-hydrogen) atoms. The lowest BCUT2D eigenvalue weighted by molar-refractivity contribution is -0.118. The highest BCUT2D eigenvalue weighted by atomic mass is 32.1. The summed E-state index contributed by atoms with van der Waals surface area (Å²) in [6, 6.07) is 0. The summed E-state index contributed by atoms with van der Waals surface area (Å²) in [5.74, 6) is 0.0884. The van der Waals surface area contributed by atoms with E-state index in [0.717, 1.165) is 4.83 Å². The van der Waals surface area contributed by atoms with Crippen LogP contribution in [0, 0.1) is 0 Å². The summed E-state index contributed by atoms with van der Waals surface area (Å²) in [7, 11) is 0. The van der Waals surface area contributed by atoms with Gasteiger partial charge in [0.1, 0.15) is 17.0 Å². The summed E-state index contributed by atoms with van der Waals surface area (Å²) in [4.78, 5) is 31.8. The molecule has 0 aliphatic carbocycles. The Labute approximate surface area is 125 Å². The van der Waals surface area contributed by atoms with Crippen LogP contribution in [0.5, 0.6) is 0 Å². The number of thiophene rings is 1. The van der Waals surface area contributed by atoms with E-state index in [0.29, 0.717) is 36.5 Å². The molecule has 0 aliphatic rings. The van der Waals surface area contributed by atoms with E-state index >= 15 is 0 Å². The van der Waals surface area contributed by atoms with Crippen LogP contribution >= 0.6 is 11.3 Å². The van der Waals surface area contributed by atoms with Gasteiger partial charge in [-0.3, -0.25) is 4.79 Å². The number of hydrogen-bond donors (Lipinski definition) is 2. The van der Waals surface area contributed by atoms with Gasteiger partial charge in [-0.25, -0.2) is 14.8 Å². The topological polar surface area (TPSA) is 93.2 Å². The first-order valence-electron chi connectivity index (χ1n) is 6.51. The summed E-state index contributed by atoms with van der Waals surface area (Å²) in [6.45, 7) is 4.51. The molecule has 0 spiro atoms. The maximum absolute atomic E-state index is 11.9. The van der Waals surface area contributed by atoms with E-state index in [2.05, 4.69) is 20.6 Å². The molecule has 2 N–H and O–H groups in total. The van der Waals surface area contributed by atoms with Crippen LogP contribution in [0.3, 0.4) is 0 Å². The second-order valence-corrected chi connectivity index (χ2v) is 5.04. The van der Waals surface area contributed by atoms with Crippen LogP contribution in [0.25, 0.3) is 10.2 Å². The van der Waals surface area contributed by atoms with Gasteiger partial charge in [-0.2, -0.15) is 0 Å². The zero-order valence-electron chi connectivity index (χ0n) is 11.8. The Bertz CT molecular complexity index is 656. The number of ether oxygens (including phenoxy) is 1. The van der Waals surface area contributed by atoms with E-state index in [1.165, 1.54) is 24.6 Å². The molecule has 0 atom stereocenters. The van der Waals surface area contributed by atoms with Crippen LogP contribution < -0.4 is 10.6 Å². The Hall–Kier alpha value is -2.22. The Morgan fingerprint density at radius 3 is 2.86 bits per heavy atom. The number of carbonyl (C=O) groups is 2. The molecule has 0 bridgehead atoms. The van der Waals surface area contributed by atoms with Crippen molar-refractivity contribution in [1.29, 1.82) is 0 Å². The molecule has 0 unspecified atom stereocenters. The smallest absolute Gasteiger partial charge is 0.339 e. The molecule has 0 radical (unpaired) electrons. The number of nitrogens with one attached hydrogen (secondary N) is 2. The van der Waals surface area contributed by atoms with E-state index < -0.39 is 0 Å². The van der Waals surface area contributed by atoms with Crippen molar-refractivity contribution in [2.24, 2.45) is 0 Å². The van der Waals surface area contributed by atoms with Crippen molar-refractivity contribution in [2.75, 3.05) is 25.0 Å². The first kappa shape index (κ1) is 15.2. The summed E-state index contributed by atoms with van der Waals surface area (Å²) in [6.07, 6.45) is 1.44. The third-order valence-corrected chi connectivity index (χ3v) is 3.54. The van der Waals surface area contributed by atoms with Gasteiger partial charge in [0.05, 0.1) is 17.6 Å². The number of carbonyl (C=O) groups excluding carboxylic acids is 2. The lowest BCUT2D eigenvalue weighted by Gasteiger charge is -2.08. The summed E-state index contributed by atoms with van der Waals surface area (Å²) in [5.41, 5.74) is 0.458. The second kappa shape index (κ2) is 6.98. The van der Waals surface area contributed by atoms with Crippen molar-refractivity contribution in [1.82, 2.24) is 15.3 Å². The van der Waals surface area contributed by atoms with Gasteiger partial charge in [-0.1, -0.05) is 0 Å². The van der Waals surface area contributed by atoms with Gasteiger partial charge < -0.3 is 15.4 Å². The van der Waals surface area contributed by atoms with E-state index in [1.807, 2.05) is 0 Å². The predicted octanol–water partition coefficient (Wildman–Crippen LogP) is 1.42. The molecule has 0 aromatic carbocycles. The number of anilines is 1. The molecule has 2 rings (SSSR count). The van der Waals surface area contributed by atoms with Gasteiger partial charge >= 0.3 is 5.97 Å². The summed E-state index contributed by atoms with van der Waals surface area (Å²) >= 11 is 1.36. The fraction of sp³-hybridized carbons (Fsp3) is 0.385. The molecule has 2 heterocycles. The van der Waals surface area contributed by atoms with Gasteiger partial charge in [0, 0.05) is 25.4 Å². The van der Waals surface area contributed by atoms with Gasteiger partial charge in [0.2, 0.25) is 5.91 Å². The molecule has 0 saturated heterocycles. The van der Waals surface area contributed by atoms with Gasteiger partial charge in [-0.05, 0) is 6.92 Å². The van der Waals surface area contributed by atoms with E-state index in [-0.39, 0.29) is 11.9 Å². The third-order valence-electron chi connectivity index (χ3n) is 2.66. The van der Waals surface area contributed by atoms with Gasteiger partial charge in [0.25, 0.3) is 0 Å². The molecule has 2 aromatic rings. The van der Waals surface area contributed by atoms with Crippen molar-refractivity contribution in [2.45, 2.75) is 13.8 Å². The highest BCUT2D eigenvalue weighted by molar-refractivity contribution is 7.17. The molecule has 7 nitrogen and oxygen atoms in total. The lowest BCUT2D eigenvalue weighted by atomic mass is 10.2. The summed E-state index contributed by atoms with van der Waals surface area (Å²) < 4.78 is 5.03. The second-order valence-electron chi connectivity index (χ2n) is 4.18. The molecule has 112 valence electrons. The normalized spacial score (nSPS) is 10.4. The van der Waals surface area contributed by atoms with Crippen LogP contribution in [0.4, 0.5) is 5.82 Å². The number of nitrogens with zero attached hydrogens (tertiary/aromatic N) is 2. The van der Waals surface area contributed by atoms with Crippen LogP contribution in [0.2, 0.25) is 0 Å². The minimum Gasteiger partial charge on any atom is -0.462 e. The molecular weight excluding hydrogens is 292 g/mol. The molecule has 2 aromatic heterocycles. The predicted molar refractivity (Wildman–Crippen MR) is 80.5 cm³/mol. The number of hydrogen-bond acceptors (Lipinski definition) is 7. The van der Waals surface area contributed by atoms with E-state index in [9.17, 15) is 9.59 Å². The van der Waals surface area contributed by atoms with Crippen LogP contribution in [0.15, 0.2) is 11.7 Å². The zero-order valence-corrected chi connectivity index (χ0v) is 12.6. The van der Waals surface area contributed by atoms with Crippen molar-refractivity contribution in [3.63, 3.8) is 0 Å². The number of fused-ring (bicyclic) bond motifs is 1. The van der Waals surface area contributed by atoms with E-state index in [1.54, 1.807) is 12.3 Å². The third kappa shape index (κ3) is 3.66. The first-order chi connectivity index (χ1) is 10.1. The van der Waals surface area contributed by atoms with Gasteiger partial charge in [-0.15, -0.1) is 11.3 Å². The van der Waals surface area contributed by atoms with Crippen molar-refractivity contribution in [3.05, 3.63) is 17.3 Å². The number of esters is 1. The Balaban J connectivity index is 2.20. The highest BCUT2D eigenvalue weighted by Crippen LogP contribution is 2.29. The number of aromatic nitrogens is 2. The fourth-order valence-corrected chi connectivity index (χ4v) is 2.66. The van der Waals surface area contributed by atoms with E-state index in [4.69, 9.17) is 4.74 Å². The molecule has 0 aliphatic heterocycles. The molecule has 1 amide bonds. The molecular formula is C13H16N4O3S. The Morgan fingerprint density at radius 1 is 1.33 bits per heavy atom. The Morgan fingerprint density at radius 2 is 2.14 bits per heavy atom. The number of rotatable bonds is 6. The first-order valence-corrected chi connectivity index (χ1v) is 7.39. The SMILES string of the molecule is CCOC(=O)c1csc2ncnc(NCCNC(C)=O)c12. The molecule has 0 fully saturated rings. The highest BCUT2D eigenvalue weighted by Gasteiger charge is 2.17. The average Bonchev–Trinajstić information content (AvgIpc) is 2.88. The minimum absolute atomic E-state index is 0.0904. The minimum atomic E-state index is -0.386. The van der Waals surface area contributed by atoms with Crippen molar-refractivity contribution < 1.29 is 14.3 Å². The van der Waals surface area contributed by atoms with Crippen molar-refractivity contribution >= 4 is 39.2 Å². The maximum Gasteiger partial charge on any atom is 0.339 e.